The third kappa shape index (κ3) is 61.3. The van der Waals surface area contributed by atoms with Crippen LogP contribution in [0.15, 0.2) is 0 Å². The molecule has 0 saturated heterocycles. The number of ether oxygens (including phenoxy) is 4. The molecule has 0 radical (unpaired) electrons. The van der Waals surface area contributed by atoms with Gasteiger partial charge in [-0.1, -0.05) is 280 Å². The van der Waals surface area contributed by atoms with Gasteiger partial charge in [-0.05, 0) is 49.4 Å². The van der Waals surface area contributed by atoms with Gasteiger partial charge < -0.3 is 33.8 Å². The molecule has 0 aliphatic carbocycles. The Balaban J connectivity index is 5.26. The lowest BCUT2D eigenvalue weighted by Gasteiger charge is -2.21. The Bertz CT molecular complexity index is 1730. The topological polar surface area (TPSA) is 237 Å². The van der Waals surface area contributed by atoms with Crippen molar-refractivity contribution in [2.75, 3.05) is 39.6 Å². The second kappa shape index (κ2) is 57.9. The lowest BCUT2D eigenvalue weighted by Crippen LogP contribution is -2.30. The van der Waals surface area contributed by atoms with Gasteiger partial charge in [-0.2, -0.15) is 0 Å². The van der Waals surface area contributed by atoms with Crippen LogP contribution in [-0.4, -0.2) is 96.7 Å². The van der Waals surface area contributed by atoms with Crippen LogP contribution in [0.5, 0.6) is 0 Å². The van der Waals surface area contributed by atoms with Crippen LogP contribution in [0, 0.1) is 23.7 Å². The van der Waals surface area contributed by atoms with Crippen molar-refractivity contribution in [3.05, 3.63) is 0 Å². The molecule has 0 bridgehead atoms. The molecule has 0 aliphatic heterocycles. The molecule has 87 heavy (non-hydrogen) atoms. The lowest BCUT2D eigenvalue weighted by molar-refractivity contribution is -0.161. The molecule has 0 rings (SSSR count). The van der Waals surface area contributed by atoms with Gasteiger partial charge >= 0.3 is 39.5 Å². The van der Waals surface area contributed by atoms with Gasteiger partial charge in [-0.3, -0.25) is 37.3 Å². The molecule has 0 amide bonds. The van der Waals surface area contributed by atoms with Gasteiger partial charge in [0.05, 0.1) is 26.4 Å². The standard InChI is InChI=1S/C68H132O17P2/c1-9-61(8)47-39-31-22-18-19-23-32-40-48-65(70)78-54-63(84-67(72)50-42-34-24-16-12-10-14-20-28-36-44-58(2)3)56-82-86(74,75)80-52-62(69)53-81-87(76,77)83-57-64(55-79-66(71)49-41-33-27-26-30-38-46-60(6)7)85-68(73)51-43-35-25-17-13-11-15-21-29-37-45-59(4)5/h58-64,69H,9-57H2,1-8H3,(H,74,75)(H,76,77)/t61?,62-,63-,64-/m1/s1. The molecule has 0 aromatic rings. The number of rotatable bonds is 65. The van der Waals surface area contributed by atoms with E-state index < -0.39 is 97.5 Å². The Kier molecular flexibility index (Phi) is 56.6. The smallest absolute Gasteiger partial charge is 0.462 e. The molecular weight excluding hydrogens is 1150 g/mol. The molecule has 516 valence electrons. The Hall–Kier alpha value is -1.94. The normalized spacial score (nSPS) is 14.6. The van der Waals surface area contributed by atoms with E-state index in [9.17, 15) is 43.2 Å². The number of hydrogen-bond acceptors (Lipinski definition) is 15. The fraction of sp³-hybridized carbons (Fsp3) is 0.941. The fourth-order valence-corrected chi connectivity index (χ4v) is 11.7. The number of unbranched alkanes of at least 4 members (excludes halogenated alkanes) is 30. The third-order valence-corrected chi connectivity index (χ3v) is 17.8. The molecule has 6 atom stereocenters. The Morgan fingerprint density at radius 3 is 0.816 bits per heavy atom. The van der Waals surface area contributed by atoms with E-state index in [1.807, 2.05) is 0 Å². The molecule has 0 saturated carbocycles. The fourth-order valence-electron chi connectivity index (χ4n) is 10.1. The molecule has 0 aromatic carbocycles. The average Bonchev–Trinajstić information content (AvgIpc) is 3.62. The summed E-state index contributed by atoms with van der Waals surface area (Å²) in [6, 6.07) is 0. The summed E-state index contributed by atoms with van der Waals surface area (Å²) in [7, 11) is -9.90. The first-order chi connectivity index (χ1) is 41.6. The van der Waals surface area contributed by atoms with Gasteiger partial charge in [0.25, 0.3) is 0 Å². The highest BCUT2D eigenvalue weighted by Crippen LogP contribution is 2.45. The van der Waals surface area contributed by atoms with E-state index in [1.165, 1.54) is 128 Å². The first-order valence-corrected chi connectivity index (χ1v) is 38.2. The number of esters is 4. The van der Waals surface area contributed by atoms with E-state index in [4.69, 9.17) is 37.0 Å². The summed E-state index contributed by atoms with van der Waals surface area (Å²) in [5, 5.41) is 10.6. The number of carbonyl (C=O) groups is 4. The molecule has 0 heterocycles. The van der Waals surface area contributed by atoms with E-state index in [0.29, 0.717) is 31.6 Å². The highest BCUT2D eigenvalue weighted by atomic mass is 31.2. The molecule has 3 unspecified atom stereocenters. The van der Waals surface area contributed by atoms with Crippen molar-refractivity contribution in [2.45, 2.75) is 350 Å². The summed E-state index contributed by atoms with van der Waals surface area (Å²) < 4.78 is 68.2. The number of aliphatic hydroxyl groups is 1. The van der Waals surface area contributed by atoms with Crippen molar-refractivity contribution in [1.29, 1.82) is 0 Å². The summed E-state index contributed by atoms with van der Waals surface area (Å²) in [5.41, 5.74) is 0. The van der Waals surface area contributed by atoms with Gasteiger partial charge in [0, 0.05) is 25.7 Å². The summed E-state index contributed by atoms with van der Waals surface area (Å²) in [6.07, 6.45) is 39.0. The Labute approximate surface area is 530 Å². The highest BCUT2D eigenvalue weighted by molar-refractivity contribution is 7.47. The largest absolute Gasteiger partial charge is 0.472 e. The van der Waals surface area contributed by atoms with Crippen LogP contribution in [-0.2, 0) is 65.4 Å². The minimum absolute atomic E-state index is 0.104. The zero-order valence-corrected chi connectivity index (χ0v) is 58.4. The molecule has 17 nitrogen and oxygen atoms in total. The number of phosphoric ester groups is 2. The first kappa shape index (κ1) is 85.1. The van der Waals surface area contributed by atoms with Crippen LogP contribution >= 0.6 is 15.6 Å². The molecule has 0 aliphatic rings. The van der Waals surface area contributed by atoms with Gasteiger partial charge in [-0.15, -0.1) is 0 Å². The summed E-state index contributed by atoms with van der Waals surface area (Å²) in [5.74, 6) is 0.827. The van der Waals surface area contributed by atoms with Crippen LogP contribution < -0.4 is 0 Å². The molecule has 3 N–H and O–H groups in total. The Morgan fingerprint density at radius 1 is 0.322 bits per heavy atom. The SMILES string of the molecule is CCC(C)CCCCCCCCCCC(=O)OC[C@H](COP(=O)(O)OC[C@@H](O)COP(=O)(O)OC[C@@H](COC(=O)CCCCCCCCC(C)C)OC(=O)CCCCCCCCCCCCC(C)C)OC(=O)CCCCCCCCCCCCC(C)C. The first-order valence-electron chi connectivity index (χ1n) is 35.2. The third-order valence-electron chi connectivity index (χ3n) is 15.9. The van der Waals surface area contributed by atoms with Crippen molar-refractivity contribution in [3.8, 4) is 0 Å². The van der Waals surface area contributed by atoms with Gasteiger partial charge in [0.1, 0.15) is 19.3 Å². The summed E-state index contributed by atoms with van der Waals surface area (Å²) >= 11 is 0. The molecule has 19 heteroatoms. The number of phosphoric acid groups is 2. The molecule has 0 aromatic heterocycles. The zero-order chi connectivity index (χ0) is 64.7. The van der Waals surface area contributed by atoms with Crippen LogP contribution in [0.2, 0.25) is 0 Å². The average molecular weight is 1280 g/mol. The molecule has 0 spiro atoms. The maximum atomic E-state index is 13.0. The van der Waals surface area contributed by atoms with E-state index in [2.05, 4.69) is 55.4 Å². The van der Waals surface area contributed by atoms with Crippen LogP contribution in [0.3, 0.4) is 0 Å². The quantitative estimate of drug-likeness (QED) is 0.0222. The summed E-state index contributed by atoms with van der Waals surface area (Å²) in [4.78, 5) is 72.4. The minimum atomic E-state index is -4.95. The van der Waals surface area contributed by atoms with Crippen LogP contribution in [0.1, 0.15) is 331 Å². The lowest BCUT2D eigenvalue weighted by atomic mass is 9.99. The number of carbonyl (C=O) groups excluding carboxylic acids is 4. The monoisotopic (exact) mass is 1280 g/mol. The van der Waals surface area contributed by atoms with Crippen molar-refractivity contribution in [2.24, 2.45) is 23.7 Å². The van der Waals surface area contributed by atoms with E-state index in [1.54, 1.807) is 0 Å². The van der Waals surface area contributed by atoms with E-state index >= 15 is 0 Å². The second-order valence-corrected chi connectivity index (χ2v) is 29.1. The van der Waals surface area contributed by atoms with Crippen molar-refractivity contribution in [1.82, 2.24) is 0 Å². The zero-order valence-electron chi connectivity index (χ0n) is 56.6. The van der Waals surface area contributed by atoms with Gasteiger partial charge in [0.2, 0.25) is 0 Å². The second-order valence-electron chi connectivity index (χ2n) is 26.2. The van der Waals surface area contributed by atoms with Crippen LogP contribution in [0.25, 0.3) is 0 Å². The van der Waals surface area contributed by atoms with Crippen molar-refractivity contribution < 1.29 is 80.2 Å². The van der Waals surface area contributed by atoms with E-state index in [0.717, 1.165) is 114 Å². The maximum absolute atomic E-state index is 13.0. The van der Waals surface area contributed by atoms with Gasteiger partial charge in [0.15, 0.2) is 12.2 Å². The Morgan fingerprint density at radius 2 is 0.552 bits per heavy atom. The molecular formula is C68H132O17P2. The highest BCUT2D eigenvalue weighted by Gasteiger charge is 2.30. The number of hydrogen-bond donors (Lipinski definition) is 3. The van der Waals surface area contributed by atoms with E-state index in [-0.39, 0.29) is 25.7 Å². The van der Waals surface area contributed by atoms with Crippen LogP contribution in [0.4, 0.5) is 0 Å². The van der Waals surface area contributed by atoms with Crippen molar-refractivity contribution in [3.63, 3.8) is 0 Å². The minimum Gasteiger partial charge on any atom is -0.462 e. The predicted molar refractivity (Wildman–Crippen MR) is 349 cm³/mol. The van der Waals surface area contributed by atoms with Gasteiger partial charge in [-0.25, -0.2) is 9.13 Å². The summed E-state index contributed by atoms with van der Waals surface area (Å²) in [6.45, 7) is 14.0. The predicted octanol–water partition coefficient (Wildman–Crippen LogP) is 18.9. The number of aliphatic hydroxyl groups excluding tert-OH is 1. The maximum Gasteiger partial charge on any atom is 0.472 e. The van der Waals surface area contributed by atoms with Crippen molar-refractivity contribution >= 4 is 39.5 Å². The molecule has 0 fully saturated rings.